The Balaban J connectivity index is 1.74. The predicted molar refractivity (Wildman–Crippen MR) is 110 cm³/mol. The van der Waals surface area contributed by atoms with Gasteiger partial charge in [0, 0.05) is 37.3 Å². The normalized spacial score (nSPS) is 19.5. The van der Waals surface area contributed by atoms with E-state index >= 15 is 0 Å². The van der Waals surface area contributed by atoms with E-state index in [0.29, 0.717) is 6.54 Å². The summed E-state index contributed by atoms with van der Waals surface area (Å²) in [6.45, 7) is 7.02. The third-order valence-corrected chi connectivity index (χ3v) is 5.85. The van der Waals surface area contributed by atoms with Crippen molar-refractivity contribution in [3.8, 4) is 11.3 Å². The van der Waals surface area contributed by atoms with Gasteiger partial charge in [-0.15, -0.1) is 0 Å². The minimum atomic E-state index is -0.0471. The van der Waals surface area contributed by atoms with Crippen LogP contribution in [-0.4, -0.2) is 61.9 Å². The van der Waals surface area contributed by atoms with Crippen LogP contribution in [0.3, 0.4) is 0 Å². The Kier molecular flexibility index (Phi) is 5.80. The van der Waals surface area contributed by atoms with Crippen molar-refractivity contribution in [1.29, 1.82) is 0 Å². The van der Waals surface area contributed by atoms with Gasteiger partial charge in [0.1, 0.15) is 0 Å². The number of hydrogen-bond acceptors (Lipinski definition) is 6. The van der Waals surface area contributed by atoms with Gasteiger partial charge < -0.3 is 14.9 Å². The fraction of sp³-hybridized carbons (Fsp3) is 0.619. The molecule has 0 saturated carbocycles. The minimum Gasteiger partial charge on any atom is -0.394 e. The molecule has 2 aromatic rings. The topological polar surface area (TPSA) is 87.4 Å². The summed E-state index contributed by atoms with van der Waals surface area (Å²) in [6, 6.07) is 1.87. The molecule has 0 aromatic carbocycles. The van der Waals surface area contributed by atoms with Crippen LogP contribution in [0, 0.1) is 5.92 Å². The number of aliphatic hydroxyl groups excluding tert-OH is 1. The van der Waals surface area contributed by atoms with Crippen LogP contribution in [0.1, 0.15) is 51.3 Å². The van der Waals surface area contributed by atoms with Crippen LogP contribution >= 0.6 is 0 Å². The van der Waals surface area contributed by atoms with Gasteiger partial charge in [-0.25, -0.2) is 9.97 Å². The molecule has 0 radical (unpaired) electrons. The van der Waals surface area contributed by atoms with E-state index < -0.39 is 0 Å². The first kappa shape index (κ1) is 19.8. The molecule has 1 amide bonds. The molecular formula is C21H30N6O2. The highest BCUT2D eigenvalue weighted by Gasteiger charge is 2.35. The van der Waals surface area contributed by atoms with Crippen LogP contribution in [0.2, 0.25) is 0 Å². The van der Waals surface area contributed by atoms with Crippen LogP contribution in [-0.2, 0) is 11.3 Å². The van der Waals surface area contributed by atoms with Crippen molar-refractivity contribution in [2.75, 3.05) is 31.1 Å². The molecule has 2 aromatic heterocycles. The SMILES string of the molecule is CC(C)C(=O)N1CCCC1c1c(-c2ccnc(N3CCCC3)n2)cnn1CCO. The number of likely N-dealkylation sites (tertiary alicyclic amines) is 1. The van der Waals surface area contributed by atoms with E-state index in [1.54, 1.807) is 6.20 Å². The Morgan fingerprint density at radius 1 is 1.24 bits per heavy atom. The maximum atomic E-state index is 12.8. The minimum absolute atomic E-state index is 0.00175. The van der Waals surface area contributed by atoms with Gasteiger partial charge >= 0.3 is 0 Å². The van der Waals surface area contributed by atoms with Gasteiger partial charge in [0.2, 0.25) is 11.9 Å². The van der Waals surface area contributed by atoms with E-state index in [1.165, 1.54) is 12.8 Å². The van der Waals surface area contributed by atoms with Crippen LogP contribution in [0.4, 0.5) is 5.95 Å². The number of carbonyl (C=O) groups excluding carboxylic acids is 1. The molecule has 2 aliphatic rings. The van der Waals surface area contributed by atoms with Gasteiger partial charge in [-0.2, -0.15) is 5.10 Å². The number of carbonyl (C=O) groups is 1. The first-order valence-electron chi connectivity index (χ1n) is 10.7. The van der Waals surface area contributed by atoms with Gasteiger partial charge in [0.25, 0.3) is 0 Å². The summed E-state index contributed by atoms with van der Waals surface area (Å²) in [5, 5.41) is 14.1. The van der Waals surface area contributed by atoms with Crippen LogP contribution in [0.25, 0.3) is 11.3 Å². The lowest BCUT2D eigenvalue weighted by Gasteiger charge is -2.28. The maximum Gasteiger partial charge on any atom is 0.225 e. The molecule has 8 heteroatoms. The van der Waals surface area contributed by atoms with Crippen molar-refractivity contribution in [3.63, 3.8) is 0 Å². The number of aromatic nitrogens is 4. The maximum absolute atomic E-state index is 12.8. The molecule has 2 aliphatic heterocycles. The lowest BCUT2D eigenvalue weighted by Crippen LogP contribution is -2.35. The highest BCUT2D eigenvalue weighted by Crippen LogP contribution is 2.38. The van der Waals surface area contributed by atoms with E-state index in [4.69, 9.17) is 4.98 Å². The zero-order chi connectivity index (χ0) is 20.4. The molecule has 2 saturated heterocycles. The average molecular weight is 399 g/mol. The molecule has 0 bridgehead atoms. The predicted octanol–water partition coefficient (Wildman–Crippen LogP) is 2.25. The fourth-order valence-electron chi connectivity index (χ4n) is 4.43. The van der Waals surface area contributed by atoms with Crippen molar-refractivity contribution < 1.29 is 9.90 Å². The van der Waals surface area contributed by atoms with E-state index in [1.807, 2.05) is 35.7 Å². The number of anilines is 1. The second kappa shape index (κ2) is 8.49. The molecular weight excluding hydrogens is 368 g/mol. The Morgan fingerprint density at radius 3 is 2.76 bits per heavy atom. The summed E-state index contributed by atoms with van der Waals surface area (Å²) in [5.41, 5.74) is 2.72. The summed E-state index contributed by atoms with van der Waals surface area (Å²) in [4.78, 5) is 26.3. The Morgan fingerprint density at radius 2 is 2.03 bits per heavy atom. The Bertz CT molecular complexity index is 859. The molecule has 156 valence electrons. The summed E-state index contributed by atoms with van der Waals surface area (Å²) < 4.78 is 1.84. The largest absolute Gasteiger partial charge is 0.394 e. The Labute approximate surface area is 171 Å². The average Bonchev–Trinajstić information content (AvgIpc) is 3.47. The second-order valence-electron chi connectivity index (χ2n) is 8.17. The van der Waals surface area contributed by atoms with Crippen LogP contribution in [0.15, 0.2) is 18.5 Å². The van der Waals surface area contributed by atoms with E-state index in [-0.39, 0.29) is 24.5 Å². The third-order valence-electron chi connectivity index (χ3n) is 5.85. The quantitative estimate of drug-likeness (QED) is 0.803. The van der Waals surface area contributed by atoms with Crippen molar-refractivity contribution in [1.82, 2.24) is 24.6 Å². The van der Waals surface area contributed by atoms with E-state index in [0.717, 1.165) is 55.4 Å². The molecule has 4 heterocycles. The van der Waals surface area contributed by atoms with Gasteiger partial charge in [0.05, 0.1) is 36.8 Å². The fourth-order valence-corrected chi connectivity index (χ4v) is 4.43. The summed E-state index contributed by atoms with van der Waals surface area (Å²) in [7, 11) is 0. The first-order valence-corrected chi connectivity index (χ1v) is 10.7. The molecule has 1 unspecified atom stereocenters. The lowest BCUT2D eigenvalue weighted by atomic mass is 10.0. The van der Waals surface area contributed by atoms with Gasteiger partial charge in [0.15, 0.2) is 0 Å². The van der Waals surface area contributed by atoms with Gasteiger partial charge in [-0.3, -0.25) is 9.48 Å². The molecule has 29 heavy (non-hydrogen) atoms. The molecule has 1 N–H and O–H groups in total. The third kappa shape index (κ3) is 3.85. The monoisotopic (exact) mass is 398 g/mol. The zero-order valence-electron chi connectivity index (χ0n) is 17.3. The summed E-state index contributed by atoms with van der Waals surface area (Å²) >= 11 is 0. The number of hydrogen-bond donors (Lipinski definition) is 1. The summed E-state index contributed by atoms with van der Waals surface area (Å²) in [6.07, 6.45) is 7.82. The van der Waals surface area contributed by atoms with E-state index in [9.17, 15) is 9.90 Å². The molecule has 2 fully saturated rings. The van der Waals surface area contributed by atoms with Crippen LogP contribution < -0.4 is 4.90 Å². The van der Waals surface area contributed by atoms with Gasteiger partial charge in [-0.1, -0.05) is 13.8 Å². The van der Waals surface area contributed by atoms with Crippen molar-refractivity contribution >= 4 is 11.9 Å². The number of amides is 1. The molecule has 0 spiro atoms. The smallest absolute Gasteiger partial charge is 0.225 e. The Hall–Kier alpha value is -2.48. The van der Waals surface area contributed by atoms with Gasteiger partial charge in [-0.05, 0) is 31.7 Å². The number of nitrogens with zero attached hydrogens (tertiary/aromatic N) is 6. The van der Waals surface area contributed by atoms with Crippen molar-refractivity contribution in [2.45, 2.75) is 52.1 Å². The highest BCUT2D eigenvalue weighted by molar-refractivity contribution is 5.79. The molecule has 1 atom stereocenters. The zero-order valence-corrected chi connectivity index (χ0v) is 17.3. The standard InChI is InChI=1S/C21H30N6O2/c1-15(2)20(29)26-11-5-6-18(26)19-16(14-23-27(19)12-13-28)17-7-8-22-21(24-17)25-9-3-4-10-25/h7-8,14-15,18,28H,3-6,9-13H2,1-2H3. The molecule has 0 aliphatic carbocycles. The number of rotatable bonds is 6. The second-order valence-corrected chi connectivity index (χ2v) is 8.17. The van der Waals surface area contributed by atoms with Crippen molar-refractivity contribution in [2.24, 2.45) is 5.92 Å². The first-order chi connectivity index (χ1) is 14.1. The summed E-state index contributed by atoms with van der Waals surface area (Å²) in [5.74, 6) is 0.868. The lowest BCUT2D eigenvalue weighted by molar-refractivity contribution is -0.135. The highest BCUT2D eigenvalue weighted by atomic mass is 16.3. The van der Waals surface area contributed by atoms with Crippen molar-refractivity contribution in [3.05, 3.63) is 24.2 Å². The number of aliphatic hydroxyl groups is 1. The molecule has 8 nitrogen and oxygen atoms in total. The molecule has 4 rings (SSSR count). The van der Waals surface area contributed by atoms with E-state index in [2.05, 4.69) is 15.0 Å². The van der Waals surface area contributed by atoms with Crippen LogP contribution in [0.5, 0.6) is 0 Å².